The second-order valence-corrected chi connectivity index (χ2v) is 6.58. The van der Waals surface area contributed by atoms with E-state index in [1.807, 2.05) is 0 Å². The molecule has 0 N–H and O–H groups in total. The molecular formula is C16H30N2S. The molecule has 0 saturated carbocycles. The fourth-order valence-electron chi connectivity index (χ4n) is 2.69. The molecule has 0 spiro atoms. The summed E-state index contributed by atoms with van der Waals surface area (Å²) >= 11 is 1.49. The molecule has 0 saturated heterocycles. The highest BCUT2D eigenvalue weighted by Gasteiger charge is 2.28. The fourth-order valence-corrected chi connectivity index (χ4v) is 3.31. The Hall–Kier alpha value is -0.440. The molecule has 0 fully saturated rings. The van der Waals surface area contributed by atoms with E-state index in [4.69, 9.17) is 0 Å². The van der Waals surface area contributed by atoms with Crippen molar-refractivity contribution in [3.63, 3.8) is 0 Å². The van der Waals surface area contributed by atoms with Gasteiger partial charge in [0.25, 0.3) is 0 Å². The summed E-state index contributed by atoms with van der Waals surface area (Å²) in [5.41, 5.74) is 1.49. The number of hydrogen-bond acceptors (Lipinski definition) is 3. The van der Waals surface area contributed by atoms with Crippen LogP contribution in [0.3, 0.4) is 0 Å². The molecule has 0 amide bonds. The Bertz CT molecular complexity index is 297. The third-order valence-corrected chi connectivity index (χ3v) is 4.65. The highest BCUT2D eigenvalue weighted by atomic mass is 32.1. The van der Waals surface area contributed by atoms with E-state index < -0.39 is 0 Å². The summed E-state index contributed by atoms with van der Waals surface area (Å²) in [4.78, 5) is 0. The molecule has 110 valence electrons. The number of rotatable bonds is 11. The minimum absolute atomic E-state index is 0.258. The van der Waals surface area contributed by atoms with Gasteiger partial charge in [0, 0.05) is 10.8 Å². The standard InChI is InChI=1S/C16H30N2S/c1-4-6-8-10-12-16(3,13-11-9-7-5-2)15-14-19-18-17-15/h14H,4-13H2,1-3H3. The van der Waals surface area contributed by atoms with E-state index in [-0.39, 0.29) is 5.41 Å². The Balaban J connectivity index is 2.47. The van der Waals surface area contributed by atoms with Gasteiger partial charge in [0.2, 0.25) is 0 Å². The largest absolute Gasteiger partial charge is 0.143 e. The lowest BCUT2D eigenvalue weighted by Crippen LogP contribution is -2.22. The molecule has 0 unspecified atom stereocenters. The molecule has 0 atom stereocenters. The summed E-state index contributed by atoms with van der Waals surface area (Å²) in [7, 11) is 0. The molecule has 1 rings (SSSR count). The van der Waals surface area contributed by atoms with Gasteiger partial charge in [0.1, 0.15) is 0 Å². The SMILES string of the molecule is CCCCCCC(C)(CCCCCC)c1csnn1. The van der Waals surface area contributed by atoms with Crippen LogP contribution in [0.5, 0.6) is 0 Å². The maximum absolute atomic E-state index is 4.35. The van der Waals surface area contributed by atoms with Crippen LogP contribution in [0.15, 0.2) is 5.38 Å². The first-order valence-corrected chi connectivity index (χ1v) is 8.84. The third kappa shape index (κ3) is 6.03. The fraction of sp³-hybridized carbons (Fsp3) is 0.875. The smallest absolute Gasteiger partial charge is 0.0814 e. The van der Waals surface area contributed by atoms with Crippen molar-refractivity contribution >= 4 is 11.5 Å². The van der Waals surface area contributed by atoms with Crippen molar-refractivity contribution in [2.75, 3.05) is 0 Å². The Kier molecular flexibility index (Phi) is 8.27. The summed E-state index contributed by atoms with van der Waals surface area (Å²) in [5, 5.41) is 6.51. The second-order valence-electron chi connectivity index (χ2n) is 5.97. The summed E-state index contributed by atoms with van der Waals surface area (Å²) < 4.78 is 4.07. The second kappa shape index (κ2) is 9.46. The molecule has 0 aliphatic carbocycles. The van der Waals surface area contributed by atoms with Crippen LogP contribution < -0.4 is 0 Å². The van der Waals surface area contributed by atoms with Crippen LogP contribution in [0.25, 0.3) is 0 Å². The van der Waals surface area contributed by atoms with Crippen molar-refractivity contribution in [2.45, 2.75) is 90.4 Å². The number of aromatic nitrogens is 2. The highest BCUT2D eigenvalue weighted by molar-refractivity contribution is 7.03. The van der Waals surface area contributed by atoms with E-state index in [0.29, 0.717) is 0 Å². The number of nitrogens with zero attached hydrogens (tertiary/aromatic N) is 2. The van der Waals surface area contributed by atoms with E-state index >= 15 is 0 Å². The minimum atomic E-state index is 0.258. The molecule has 1 heterocycles. The number of hydrogen-bond donors (Lipinski definition) is 0. The Morgan fingerprint density at radius 2 is 1.53 bits per heavy atom. The minimum Gasteiger partial charge on any atom is -0.143 e. The molecule has 19 heavy (non-hydrogen) atoms. The first kappa shape index (κ1) is 16.6. The van der Waals surface area contributed by atoms with Crippen LogP contribution in [0.1, 0.15) is 90.7 Å². The van der Waals surface area contributed by atoms with Crippen LogP contribution in [0.2, 0.25) is 0 Å². The lowest BCUT2D eigenvalue weighted by molar-refractivity contribution is 0.355. The van der Waals surface area contributed by atoms with Gasteiger partial charge in [-0.3, -0.25) is 0 Å². The maximum atomic E-state index is 4.35. The predicted molar refractivity (Wildman–Crippen MR) is 84.8 cm³/mol. The van der Waals surface area contributed by atoms with Crippen molar-refractivity contribution in [1.29, 1.82) is 0 Å². The zero-order valence-electron chi connectivity index (χ0n) is 13.0. The molecule has 0 aliphatic heterocycles. The van der Waals surface area contributed by atoms with Crippen LogP contribution in [0.4, 0.5) is 0 Å². The maximum Gasteiger partial charge on any atom is 0.0814 e. The van der Waals surface area contributed by atoms with Crippen molar-refractivity contribution in [3.8, 4) is 0 Å². The summed E-state index contributed by atoms with van der Waals surface area (Å²) in [6, 6.07) is 0. The average Bonchev–Trinajstić information content (AvgIpc) is 2.95. The molecule has 0 bridgehead atoms. The van der Waals surface area contributed by atoms with Gasteiger partial charge in [0.15, 0.2) is 0 Å². The average molecular weight is 282 g/mol. The summed E-state index contributed by atoms with van der Waals surface area (Å²) in [6.45, 7) is 6.93. The van der Waals surface area contributed by atoms with Crippen LogP contribution in [-0.4, -0.2) is 9.59 Å². The Morgan fingerprint density at radius 3 is 1.95 bits per heavy atom. The van der Waals surface area contributed by atoms with Crippen molar-refractivity contribution in [2.24, 2.45) is 0 Å². The summed E-state index contributed by atoms with van der Waals surface area (Å²) in [6.07, 6.45) is 13.3. The topological polar surface area (TPSA) is 25.8 Å². The van der Waals surface area contributed by atoms with Gasteiger partial charge in [-0.2, -0.15) is 0 Å². The molecule has 1 aromatic rings. The first-order chi connectivity index (χ1) is 9.23. The molecule has 0 aliphatic rings. The van der Waals surface area contributed by atoms with Crippen molar-refractivity contribution < 1.29 is 0 Å². The highest BCUT2D eigenvalue weighted by Crippen LogP contribution is 2.34. The predicted octanol–water partition coefficient (Wildman–Crippen LogP) is 5.74. The monoisotopic (exact) mass is 282 g/mol. The molecule has 3 heteroatoms. The van der Waals surface area contributed by atoms with Crippen LogP contribution in [-0.2, 0) is 5.41 Å². The zero-order valence-corrected chi connectivity index (χ0v) is 13.8. The zero-order chi connectivity index (χ0) is 14.0. The van der Waals surface area contributed by atoms with E-state index in [0.717, 1.165) is 0 Å². The van der Waals surface area contributed by atoms with Gasteiger partial charge in [-0.1, -0.05) is 76.6 Å². The molecular weight excluding hydrogens is 252 g/mol. The third-order valence-electron chi connectivity index (χ3n) is 4.14. The molecule has 2 nitrogen and oxygen atoms in total. The lowest BCUT2D eigenvalue weighted by Gasteiger charge is -2.27. The first-order valence-electron chi connectivity index (χ1n) is 8.00. The summed E-state index contributed by atoms with van der Waals surface area (Å²) in [5.74, 6) is 0. The van der Waals surface area contributed by atoms with Gasteiger partial charge < -0.3 is 0 Å². The quantitative estimate of drug-likeness (QED) is 0.484. The van der Waals surface area contributed by atoms with Gasteiger partial charge in [-0.05, 0) is 24.4 Å². The van der Waals surface area contributed by atoms with Crippen LogP contribution in [0, 0.1) is 0 Å². The normalized spacial score (nSPS) is 11.9. The van der Waals surface area contributed by atoms with Crippen molar-refractivity contribution in [3.05, 3.63) is 11.1 Å². The van der Waals surface area contributed by atoms with Gasteiger partial charge in [0.05, 0.1) is 5.69 Å². The van der Waals surface area contributed by atoms with E-state index in [9.17, 15) is 0 Å². The molecule has 1 aromatic heterocycles. The van der Waals surface area contributed by atoms with Gasteiger partial charge in [-0.25, -0.2) is 0 Å². The van der Waals surface area contributed by atoms with E-state index in [1.54, 1.807) is 0 Å². The molecule has 0 aromatic carbocycles. The van der Waals surface area contributed by atoms with Crippen LogP contribution >= 0.6 is 11.5 Å². The lowest BCUT2D eigenvalue weighted by atomic mass is 9.77. The van der Waals surface area contributed by atoms with E-state index in [2.05, 4.69) is 35.7 Å². The van der Waals surface area contributed by atoms with Gasteiger partial charge in [-0.15, -0.1) is 5.10 Å². The Morgan fingerprint density at radius 1 is 0.947 bits per heavy atom. The van der Waals surface area contributed by atoms with Gasteiger partial charge >= 0.3 is 0 Å². The number of unbranched alkanes of at least 4 members (excludes halogenated alkanes) is 6. The van der Waals surface area contributed by atoms with Crippen molar-refractivity contribution in [1.82, 2.24) is 9.59 Å². The molecule has 0 radical (unpaired) electrons. The van der Waals surface area contributed by atoms with E-state index in [1.165, 1.54) is 81.4 Å². The Labute approximate surface area is 123 Å².